The fraction of sp³-hybridized carbons (Fsp3) is 0.429. The van der Waals surface area contributed by atoms with Crippen LogP contribution in [-0.4, -0.2) is 30.3 Å². The van der Waals surface area contributed by atoms with Crippen molar-refractivity contribution in [3.8, 4) is 5.88 Å². The fourth-order valence-corrected chi connectivity index (χ4v) is 3.64. The topological polar surface area (TPSA) is 81.8 Å². The highest BCUT2D eigenvalue weighted by atomic mass is 127. The first-order valence-corrected chi connectivity index (χ1v) is 9.65. The summed E-state index contributed by atoms with van der Waals surface area (Å²) in [6.07, 6.45) is 7.48. The molecule has 1 fully saturated rings. The number of anilines is 1. The number of aromatic nitrogens is 1. The second-order valence-electron chi connectivity index (χ2n) is 7.08. The molecule has 1 aliphatic heterocycles. The summed E-state index contributed by atoms with van der Waals surface area (Å²) >= 11 is 0. The van der Waals surface area contributed by atoms with Gasteiger partial charge in [0, 0.05) is 24.4 Å². The van der Waals surface area contributed by atoms with Crippen LogP contribution in [0.2, 0.25) is 0 Å². The van der Waals surface area contributed by atoms with Crippen LogP contribution in [0, 0.1) is 0 Å². The van der Waals surface area contributed by atoms with E-state index in [4.69, 9.17) is 15.2 Å². The Morgan fingerprint density at radius 1 is 1.29 bits per heavy atom. The number of ether oxygens (including phenoxy) is 2. The predicted molar refractivity (Wildman–Crippen MR) is 122 cm³/mol. The van der Waals surface area contributed by atoms with E-state index in [0.29, 0.717) is 25.0 Å². The van der Waals surface area contributed by atoms with Crippen molar-refractivity contribution < 1.29 is 9.47 Å². The Kier molecular flexibility index (Phi) is 7.50. The van der Waals surface area contributed by atoms with E-state index in [1.165, 1.54) is 24.0 Å². The van der Waals surface area contributed by atoms with Crippen molar-refractivity contribution in [3.05, 3.63) is 53.2 Å². The van der Waals surface area contributed by atoms with Crippen molar-refractivity contribution >= 4 is 35.6 Å². The van der Waals surface area contributed by atoms with Crippen LogP contribution in [0.15, 0.2) is 41.5 Å². The number of rotatable bonds is 5. The summed E-state index contributed by atoms with van der Waals surface area (Å²) in [6.45, 7) is 1.86. The fourth-order valence-electron chi connectivity index (χ4n) is 3.64. The summed E-state index contributed by atoms with van der Waals surface area (Å²) in [6, 6.07) is 10.2. The monoisotopic (exact) mass is 494 g/mol. The van der Waals surface area contributed by atoms with E-state index in [1.54, 1.807) is 6.20 Å². The Hall–Kier alpha value is -1.87. The minimum absolute atomic E-state index is 0. The number of benzene rings is 1. The zero-order valence-corrected chi connectivity index (χ0v) is 18.2. The number of nitrogens with zero attached hydrogens (tertiary/aromatic N) is 2. The lowest BCUT2D eigenvalue weighted by molar-refractivity contribution is 0.138. The van der Waals surface area contributed by atoms with Crippen LogP contribution in [-0.2, 0) is 24.1 Å². The minimum atomic E-state index is 0. The van der Waals surface area contributed by atoms with Gasteiger partial charge in [-0.05, 0) is 54.5 Å². The minimum Gasteiger partial charge on any atom is -0.472 e. The third-order valence-corrected chi connectivity index (χ3v) is 5.07. The molecule has 1 aliphatic carbocycles. The molecule has 1 saturated heterocycles. The van der Waals surface area contributed by atoms with Crippen molar-refractivity contribution in [3.63, 3.8) is 0 Å². The quantitative estimate of drug-likeness (QED) is 0.377. The van der Waals surface area contributed by atoms with Crippen LogP contribution >= 0.6 is 24.0 Å². The van der Waals surface area contributed by atoms with Crippen LogP contribution in [0.1, 0.15) is 36.0 Å². The number of pyridine rings is 1. The van der Waals surface area contributed by atoms with Gasteiger partial charge in [0.05, 0.1) is 19.8 Å². The average Bonchev–Trinajstić information content (AvgIpc) is 3.20. The van der Waals surface area contributed by atoms with Gasteiger partial charge in [0.2, 0.25) is 5.88 Å². The smallest absolute Gasteiger partial charge is 0.213 e. The lowest BCUT2D eigenvalue weighted by atomic mass is 9.90. The van der Waals surface area contributed by atoms with Gasteiger partial charge in [-0.3, -0.25) is 0 Å². The lowest BCUT2D eigenvalue weighted by Crippen LogP contribution is -2.24. The maximum Gasteiger partial charge on any atom is 0.213 e. The molecule has 6 nitrogen and oxygen atoms in total. The summed E-state index contributed by atoms with van der Waals surface area (Å²) < 4.78 is 11.2. The molecule has 28 heavy (non-hydrogen) atoms. The van der Waals surface area contributed by atoms with Crippen molar-refractivity contribution in [2.75, 3.05) is 18.5 Å². The number of hydrogen-bond donors (Lipinski definition) is 2. The van der Waals surface area contributed by atoms with Gasteiger partial charge in [-0.1, -0.05) is 12.1 Å². The molecule has 2 heterocycles. The number of aryl methyl sites for hydroxylation is 1. The summed E-state index contributed by atoms with van der Waals surface area (Å²) in [7, 11) is 0. The number of aliphatic imine (C=N–C) groups is 1. The first kappa shape index (κ1) is 20.9. The van der Waals surface area contributed by atoms with Gasteiger partial charge >= 0.3 is 0 Å². The maximum atomic E-state index is 6.13. The lowest BCUT2D eigenvalue weighted by Gasteiger charge is -2.19. The highest BCUT2D eigenvalue weighted by molar-refractivity contribution is 14.0. The summed E-state index contributed by atoms with van der Waals surface area (Å²) in [5, 5.41) is 3.28. The standard InChI is InChI=1S/C21H26N4O2.HI/c22-21(25-19-7-3-5-16-4-1-2-6-18(16)19)24-13-15-8-10-23-20(12-15)27-17-9-11-26-14-17;/h3,5,7-8,10,12,17H,1-2,4,6,9,11,13-14H2,(H3,22,24,25);1H. The van der Waals surface area contributed by atoms with Gasteiger partial charge in [-0.25, -0.2) is 9.98 Å². The number of nitrogens with two attached hydrogens (primary N) is 1. The number of nitrogens with one attached hydrogen (secondary N) is 1. The maximum absolute atomic E-state index is 6.13. The summed E-state index contributed by atoms with van der Waals surface area (Å²) in [5.74, 6) is 1.04. The molecule has 7 heteroatoms. The highest BCUT2D eigenvalue weighted by Crippen LogP contribution is 2.27. The van der Waals surface area contributed by atoms with Crippen molar-refractivity contribution in [1.82, 2.24) is 4.98 Å². The van der Waals surface area contributed by atoms with Gasteiger partial charge in [-0.2, -0.15) is 0 Å². The Morgan fingerprint density at radius 2 is 2.18 bits per heavy atom. The molecule has 0 saturated carbocycles. The molecule has 1 aromatic heterocycles. The molecule has 2 aliphatic rings. The molecule has 1 unspecified atom stereocenters. The van der Waals surface area contributed by atoms with Crippen LogP contribution in [0.5, 0.6) is 5.88 Å². The van der Waals surface area contributed by atoms with E-state index in [2.05, 4.69) is 33.5 Å². The molecule has 3 N–H and O–H groups in total. The number of hydrogen-bond acceptors (Lipinski definition) is 4. The SMILES string of the molecule is I.NC(=NCc1ccnc(OC2CCOC2)c1)Nc1cccc2c1CCCC2. The van der Waals surface area contributed by atoms with Crippen molar-refractivity contribution in [2.24, 2.45) is 10.7 Å². The Labute approximate surface area is 183 Å². The Balaban J connectivity index is 0.00000225. The Morgan fingerprint density at radius 3 is 3.04 bits per heavy atom. The van der Waals surface area contributed by atoms with Gasteiger partial charge in [-0.15, -0.1) is 24.0 Å². The van der Waals surface area contributed by atoms with E-state index < -0.39 is 0 Å². The zero-order valence-electron chi connectivity index (χ0n) is 15.9. The van der Waals surface area contributed by atoms with Crippen LogP contribution in [0.25, 0.3) is 0 Å². The van der Waals surface area contributed by atoms with Gasteiger partial charge in [0.25, 0.3) is 0 Å². The van der Waals surface area contributed by atoms with Crippen LogP contribution in [0.4, 0.5) is 5.69 Å². The molecular weight excluding hydrogens is 467 g/mol. The predicted octanol–water partition coefficient (Wildman–Crippen LogP) is 3.67. The van der Waals surface area contributed by atoms with Crippen molar-refractivity contribution in [2.45, 2.75) is 44.8 Å². The van der Waals surface area contributed by atoms with E-state index in [-0.39, 0.29) is 30.1 Å². The normalized spacial score (nSPS) is 18.9. The summed E-state index contributed by atoms with van der Waals surface area (Å²) in [4.78, 5) is 8.76. The number of guanidine groups is 1. The van der Waals surface area contributed by atoms with Crippen LogP contribution in [0.3, 0.4) is 0 Å². The third-order valence-electron chi connectivity index (χ3n) is 5.07. The van der Waals surface area contributed by atoms with Gasteiger partial charge in [0.1, 0.15) is 6.10 Å². The van der Waals surface area contributed by atoms with Crippen molar-refractivity contribution in [1.29, 1.82) is 0 Å². The van der Waals surface area contributed by atoms with Gasteiger partial charge < -0.3 is 20.5 Å². The van der Waals surface area contributed by atoms with E-state index in [9.17, 15) is 0 Å². The molecule has 0 radical (unpaired) electrons. The largest absolute Gasteiger partial charge is 0.472 e. The second-order valence-corrected chi connectivity index (χ2v) is 7.08. The Bertz CT molecular complexity index is 822. The van der Waals surface area contributed by atoms with E-state index in [0.717, 1.165) is 37.1 Å². The number of fused-ring (bicyclic) bond motifs is 1. The molecular formula is C21H27IN4O2. The van der Waals surface area contributed by atoms with E-state index in [1.807, 2.05) is 12.1 Å². The second kappa shape index (κ2) is 10.1. The molecule has 2 aromatic rings. The molecule has 0 spiro atoms. The number of halogens is 1. The molecule has 1 atom stereocenters. The molecule has 1 aromatic carbocycles. The molecule has 4 rings (SSSR count). The van der Waals surface area contributed by atoms with Crippen LogP contribution < -0.4 is 15.8 Å². The average molecular weight is 494 g/mol. The van der Waals surface area contributed by atoms with Gasteiger partial charge in [0.15, 0.2) is 5.96 Å². The molecule has 0 bridgehead atoms. The highest BCUT2D eigenvalue weighted by Gasteiger charge is 2.17. The third kappa shape index (κ3) is 5.35. The zero-order chi connectivity index (χ0) is 18.5. The van der Waals surface area contributed by atoms with E-state index >= 15 is 0 Å². The molecule has 150 valence electrons. The first-order valence-electron chi connectivity index (χ1n) is 9.65. The molecule has 0 amide bonds. The summed E-state index contributed by atoms with van der Waals surface area (Å²) in [5.41, 5.74) is 11.0. The first-order chi connectivity index (χ1) is 13.3.